The topological polar surface area (TPSA) is 108 Å². The van der Waals surface area contributed by atoms with Crippen LogP contribution in [0.25, 0.3) is 0 Å². The van der Waals surface area contributed by atoms with Gasteiger partial charge in [-0.2, -0.15) is 0 Å². The van der Waals surface area contributed by atoms with Crippen LogP contribution >= 0.6 is 0 Å². The highest BCUT2D eigenvalue weighted by molar-refractivity contribution is 5.82. The first-order chi connectivity index (χ1) is 10.5. The van der Waals surface area contributed by atoms with E-state index in [9.17, 15) is 9.59 Å². The van der Waals surface area contributed by atoms with Gasteiger partial charge in [0.25, 0.3) is 0 Å². The van der Waals surface area contributed by atoms with Crippen LogP contribution < -0.4 is 11.5 Å². The fourth-order valence-electron chi connectivity index (χ4n) is 2.02. The highest BCUT2D eigenvalue weighted by atomic mass is 16.7. The van der Waals surface area contributed by atoms with Crippen LogP contribution in [0.3, 0.4) is 0 Å². The van der Waals surface area contributed by atoms with E-state index in [1.165, 1.54) is 4.90 Å². The van der Waals surface area contributed by atoms with E-state index in [1.807, 2.05) is 20.8 Å². The molecule has 0 heterocycles. The van der Waals surface area contributed by atoms with Crippen molar-refractivity contribution < 1.29 is 19.1 Å². The van der Waals surface area contributed by atoms with Crippen LogP contribution in [0.5, 0.6) is 0 Å². The molecule has 1 atom stereocenters. The lowest BCUT2D eigenvalue weighted by molar-refractivity contribution is -0.160. The maximum Gasteiger partial charge on any atom is 0.239 e. The normalized spacial score (nSPS) is 12.4. The van der Waals surface area contributed by atoms with Gasteiger partial charge >= 0.3 is 0 Å². The van der Waals surface area contributed by atoms with Gasteiger partial charge in [0.1, 0.15) is 0 Å². The molecule has 0 saturated heterocycles. The molecule has 0 aromatic carbocycles. The predicted octanol–water partition coefficient (Wildman–Crippen LogP) is 0.607. The van der Waals surface area contributed by atoms with Crippen LogP contribution in [0.2, 0.25) is 0 Å². The largest absolute Gasteiger partial charge is 0.370 e. The van der Waals surface area contributed by atoms with Crippen LogP contribution in [0.1, 0.15) is 46.5 Å². The Morgan fingerprint density at radius 3 is 2.18 bits per heavy atom. The maximum absolute atomic E-state index is 12.4. The SMILES string of the molecule is CCCC[C@H](N)C(=O)N(CCC(N)=O)CC(OCC)OCC. The molecule has 0 unspecified atom stereocenters. The van der Waals surface area contributed by atoms with Crippen molar-refractivity contribution in [2.24, 2.45) is 11.5 Å². The molecule has 0 fully saturated rings. The summed E-state index contributed by atoms with van der Waals surface area (Å²) in [5.74, 6) is -0.650. The summed E-state index contributed by atoms with van der Waals surface area (Å²) in [6.07, 6.45) is 2.05. The fourth-order valence-corrected chi connectivity index (χ4v) is 2.02. The van der Waals surface area contributed by atoms with Crippen molar-refractivity contribution >= 4 is 11.8 Å². The van der Waals surface area contributed by atoms with Crippen molar-refractivity contribution in [2.45, 2.75) is 58.8 Å². The molecule has 0 aliphatic heterocycles. The first-order valence-corrected chi connectivity index (χ1v) is 8.02. The monoisotopic (exact) mass is 317 g/mol. The number of nitrogens with zero attached hydrogens (tertiary/aromatic N) is 1. The first-order valence-electron chi connectivity index (χ1n) is 8.02. The number of carbonyl (C=O) groups is 2. The number of nitrogens with two attached hydrogens (primary N) is 2. The molecule has 22 heavy (non-hydrogen) atoms. The van der Waals surface area contributed by atoms with E-state index in [2.05, 4.69) is 0 Å². The van der Waals surface area contributed by atoms with E-state index in [0.717, 1.165) is 12.8 Å². The molecule has 7 nitrogen and oxygen atoms in total. The third-order valence-corrected chi connectivity index (χ3v) is 3.20. The van der Waals surface area contributed by atoms with Crippen LogP contribution in [0, 0.1) is 0 Å². The van der Waals surface area contributed by atoms with E-state index < -0.39 is 18.2 Å². The Balaban J connectivity index is 4.76. The molecule has 2 amide bonds. The van der Waals surface area contributed by atoms with E-state index in [-0.39, 0.29) is 25.4 Å². The van der Waals surface area contributed by atoms with Gasteiger partial charge in [-0.3, -0.25) is 9.59 Å². The average Bonchev–Trinajstić information content (AvgIpc) is 2.48. The Morgan fingerprint density at radius 2 is 1.73 bits per heavy atom. The summed E-state index contributed by atoms with van der Waals surface area (Å²) in [7, 11) is 0. The molecule has 0 aliphatic rings. The molecule has 130 valence electrons. The lowest BCUT2D eigenvalue weighted by atomic mass is 10.1. The summed E-state index contributed by atoms with van der Waals surface area (Å²) in [5.41, 5.74) is 11.1. The van der Waals surface area contributed by atoms with Crippen molar-refractivity contribution in [1.82, 2.24) is 4.90 Å². The quantitative estimate of drug-likeness (QED) is 0.484. The summed E-state index contributed by atoms with van der Waals surface area (Å²) in [6, 6.07) is -0.572. The second-order valence-corrected chi connectivity index (χ2v) is 5.09. The fraction of sp³-hybridized carbons (Fsp3) is 0.867. The Labute approximate surface area is 133 Å². The van der Waals surface area contributed by atoms with Crippen molar-refractivity contribution in [2.75, 3.05) is 26.3 Å². The van der Waals surface area contributed by atoms with Crippen molar-refractivity contribution in [1.29, 1.82) is 0 Å². The van der Waals surface area contributed by atoms with Crippen molar-refractivity contribution in [3.63, 3.8) is 0 Å². The molecule has 0 aliphatic carbocycles. The number of primary amides is 1. The predicted molar refractivity (Wildman–Crippen MR) is 84.9 cm³/mol. The van der Waals surface area contributed by atoms with Crippen molar-refractivity contribution in [3.8, 4) is 0 Å². The van der Waals surface area contributed by atoms with Gasteiger partial charge in [-0.05, 0) is 20.3 Å². The van der Waals surface area contributed by atoms with Crippen LogP contribution in [0.4, 0.5) is 0 Å². The van der Waals surface area contributed by atoms with Gasteiger partial charge in [-0.25, -0.2) is 0 Å². The Morgan fingerprint density at radius 1 is 1.14 bits per heavy atom. The van der Waals surface area contributed by atoms with Crippen LogP contribution in [0.15, 0.2) is 0 Å². The Kier molecular flexibility index (Phi) is 11.7. The minimum Gasteiger partial charge on any atom is -0.370 e. The third-order valence-electron chi connectivity index (χ3n) is 3.20. The average molecular weight is 317 g/mol. The number of carbonyl (C=O) groups excluding carboxylic acids is 2. The second kappa shape index (κ2) is 12.4. The van der Waals surface area contributed by atoms with Gasteiger partial charge in [-0.15, -0.1) is 0 Å². The molecule has 0 spiro atoms. The molecule has 0 bridgehead atoms. The summed E-state index contributed by atoms with van der Waals surface area (Å²) in [5, 5.41) is 0. The summed E-state index contributed by atoms with van der Waals surface area (Å²) in [6.45, 7) is 7.18. The standard InChI is InChI=1S/C15H31N3O4/c1-4-7-8-12(16)15(20)18(10-9-13(17)19)11-14(21-5-2)22-6-3/h12,14H,4-11,16H2,1-3H3,(H2,17,19)/t12-/m0/s1. The lowest BCUT2D eigenvalue weighted by Crippen LogP contribution is -2.48. The summed E-state index contributed by atoms with van der Waals surface area (Å²) >= 11 is 0. The Bertz CT molecular complexity index is 320. The Hall–Kier alpha value is -1.18. The van der Waals surface area contributed by atoms with Crippen LogP contribution in [-0.4, -0.2) is 55.3 Å². The second-order valence-electron chi connectivity index (χ2n) is 5.09. The van der Waals surface area contributed by atoms with Crippen LogP contribution in [-0.2, 0) is 19.1 Å². The molecule has 0 aromatic heterocycles. The van der Waals surface area contributed by atoms with E-state index in [1.54, 1.807) is 0 Å². The van der Waals surface area contributed by atoms with Gasteiger partial charge < -0.3 is 25.8 Å². The highest BCUT2D eigenvalue weighted by Gasteiger charge is 2.24. The zero-order valence-corrected chi connectivity index (χ0v) is 14.0. The molecule has 0 aromatic rings. The van der Waals surface area contributed by atoms with E-state index in [4.69, 9.17) is 20.9 Å². The van der Waals surface area contributed by atoms with Crippen molar-refractivity contribution in [3.05, 3.63) is 0 Å². The third kappa shape index (κ3) is 8.96. The molecular formula is C15H31N3O4. The zero-order chi connectivity index (χ0) is 17.0. The van der Waals surface area contributed by atoms with Gasteiger partial charge in [0.05, 0.1) is 12.6 Å². The molecule has 7 heteroatoms. The lowest BCUT2D eigenvalue weighted by Gasteiger charge is -2.29. The van der Waals surface area contributed by atoms with Gasteiger partial charge in [0.15, 0.2) is 6.29 Å². The van der Waals surface area contributed by atoms with Gasteiger partial charge in [0.2, 0.25) is 11.8 Å². The number of unbranched alkanes of at least 4 members (excludes halogenated alkanes) is 1. The molecule has 0 radical (unpaired) electrons. The number of hydrogen-bond acceptors (Lipinski definition) is 5. The van der Waals surface area contributed by atoms with E-state index in [0.29, 0.717) is 19.6 Å². The van der Waals surface area contributed by atoms with Gasteiger partial charge in [0, 0.05) is 26.2 Å². The van der Waals surface area contributed by atoms with E-state index >= 15 is 0 Å². The number of rotatable bonds is 13. The summed E-state index contributed by atoms with van der Waals surface area (Å²) in [4.78, 5) is 25.0. The number of hydrogen-bond donors (Lipinski definition) is 2. The zero-order valence-electron chi connectivity index (χ0n) is 14.0. The van der Waals surface area contributed by atoms with Gasteiger partial charge in [-0.1, -0.05) is 19.8 Å². The number of amides is 2. The molecule has 4 N–H and O–H groups in total. The highest BCUT2D eigenvalue weighted by Crippen LogP contribution is 2.07. The number of ether oxygens (including phenoxy) is 2. The first kappa shape index (κ1) is 20.8. The molecule has 0 rings (SSSR count). The maximum atomic E-state index is 12.4. The smallest absolute Gasteiger partial charge is 0.239 e. The molecule has 0 saturated carbocycles. The minimum atomic E-state index is -0.572. The minimum absolute atomic E-state index is 0.0945. The summed E-state index contributed by atoms with van der Waals surface area (Å²) < 4.78 is 10.9. The molecular weight excluding hydrogens is 286 g/mol.